The average Bonchev–Trinajstić information content (AvgIpc) is 3.14. The molecule has 154 valence electrons. The first-order valence-electron chi connectivity index (χ1n) is 10.5. The number of nitrogens with one attached hydrogen (secondary N) is 1. The summed E-state index contributed by atoms with van der Waals surface area (Å²) in [6.07, 6.45) is 2.99. The Labute approximate surface area is 167 Å². The van der Waals surface area contributed by atoms with E-state index in [0.717, 1.165) is 30.6 Å². The van der Waals surface area contributed by atoms with Crippen LogP contribution in [0, 0.1) is 28.6 Å². The van der Waals surface area contributed by atoms with Crippen LogP contribution in [0.5, 0.6) is 11.5 Å². The minimum Gasteiger partial charge on any atom is -0.508 e. The van der Waals surface area contributed by atoms with Crippen LogP contribution in [0.4, 0.5) is 0 Å². The summed E-state index contributed by atoms with van der Waals surface area (Å²) >= 11 is 0. The molecule has 5 heteroatoms. The SMILES string of the molecule is COc1ccc(O)c([C@H]2OCCC34C[C@@H](C[C@H]23)C(C)(C)[C@H]4NC(=O)C(C)C)c1. The number of aromatic hydroxyl groups is 1. The summed E-state index contributed by atoms with van der Waals surface area (Å²) in [5.41, 5.74) is 0.902. The van der Waals surface area contributed by atoms with Crippen molar-refractivity contribution in [2.75, 3.05) is 13.7 Å². The van der Waals surface area contributed by atoms with Gasteiger partial charge in [-0.2, -0.15) is 0 Å². The van der Waals surface area contributed by atoms with Gasteiger partial charge in [0, 0.05) is 24.1 Å². The van der Waals surface area contributed by atoms with E-state index in [1.807, 2.05) is 19.9 Å². The molecule has 3 fully saturated rings. The summed E-state index contributed by atoms with van der Waals surface area (Å²) in [5.74, 6) is 1.92. The molecule has 2 saturated carbocycles. The van der Waals surface area contributed by atoms with E-state index in [1.54, 1.807) is 19.2 Å². The van der Waals surface area contributed by atoms with Gasteiger partial charge >= 0.3 is 0 Å². The minimum absolute atomic E-state index is 0.0250. The summed E-state index contributed by atoms with van der Waals surface area (Å²) in [5, 5.41) is 14.0. The number of phenols is 1. The van der Waals surface area contributed by atoms with E-state index >= 15 is 0 Å². The second-order valence-corrected chi connectivity index (χ2v) is 9.86. The number of fused-ring (bicyclic) bond motifs is 1. The van der Waals surface area contributed by atoms with Gasteiger partial charge in [-0.3, -0.25) is 4.79 Å². The maximum absolute atomic E-state index is 12.6. The van der Waals surface area contributed by atoms with E-state index in [2.05, 4.69) is 19.2 Å². The molecule has 0 aromatic heterocycles. The highest BCUT2D eigenvalue weighted by Gasteiger charge is 2.68. The summed E-state index contributed by atoms with van der Waals surface area (Å²) in [7, 11) is 1.64. The van der Waals surface area contributed by atoms with Crippen LogP contribution in [-0.4, -0.2) is 30.8 Å². The van der Waals surface area contributed by atoms with E-state index in [-0.39, 0.29) is 46.5 Å². The number of hydrogen-bond donors (Lipinski definition) is 2. The molecule has 2 bridgehead atoms. The van der Waals surface area contributed by atoms with Crippen LogP contribution in [0.25, 0.3) is 0 Å². The van der Waals surface area contributed by atoms with Gasteiger partial charge in [0.1, 0.15) is 11.5 Å². The number of ether oxygens (including phenoxy) is 2. The van der Waals surface area contributed by atoms with Gasteiger partial charge < -0.3 is 19.9 Å². The molecule has 2 aliphatic carbocycles. The normalized spacial score (nSPS) is 35.6. The van der Waals surface area contributed by atoms with Gasteiger partial charge in [0.15, 0.2) is 0 Å². The molecule has 1 aromatic carbocycles. The van der Waals surface area contributed by atoms with Crippen LogP contribution in [0.15, 0.2) is 18.2 Å². The van der Waals surface area contributed by atoms with Crippen molar-refractivity contribution < 1.29 is 19.4 Å². The molecule has 1 aromatic rings. The van der Waals surface area contributed by atoms with E-state index in [9.17, 15) is 9.90 Å². The molecule has 1 unspecified atom stereocenters. The molecule has 5 nitrogen and oxygen atoms in total. The summed E-state index contributed by atoms with van der Waals surface area (Å²) in [6, 6.07) is 5.50. The van der Waals surface area contributed by atoms with Gasteiger partial charge in [-0.25, -0.2) is 0 Å². The maximum Gasteiger partial charge on any atom is 0.222 e. The Hall–Kier alpha value is -1.75. The lowest BCUT2D eigenvalue weighted by atomic mass is 9.58. The van der Waals surface area contributed by atoms with Crippen molar-refractivity contribution in [3.63, 3.8) is 0 Å². The van der Waals surface area contributed by atoms with E-state index in [4.69, 9.17) is 9.47 Å². The molecule has 2 N–H and O–H groups in total. The Morgan fingerprint density at radius 1 is 1.36 bits per heavy atom. The van der Waals surface area contributed by atoms with Crippen molar-refractivity contribution >= 4 is 5.91 Å². The zero-order chi connectivity index (χ0) is 20.3. The number of carbonyl (C=O) groups is 1. The average molecular weight is 388 g/mol. The summed E-state index contributed by atoms with van der Waals surface area (Å²) < 4.78 is 11.6. The van der Waals surface area contributed by atoms with Gasteiger partial charge in [0.05, 0.1) is 13.2 Å². The molecular weight excluding hydrogens is 354 g/mol. The quantitative estimate of drug-likeness (QED) is 0.818. The fourth-order valence-corrected chi connectivity index (χ4v) is 6.29. The number of phenolic OH excluding ortho intramolecular Hbond substituents is 1. The van der Waals surface area contributed by atoms with Crippen molar-refractivity contribution in [3.8, 4) is 11.5 Å². The van der Waals surface area contributed by atoms with Crippen molar-refractivity contribution in [1.82, 2.24) is 5.32 Å². The minimum atomic E-state index is -0.164. The Kier molecular flexibility index (Phi) is 4.65. The fourth-order valence-electron chi connectivity index (χ4n) is 6.29. The van der Waals surface area contributed by atoms with Gasteiger partial charge in [0.2, 0.25) is 5.91 Å². The highest BCUT2D eigenvalue weighted by atomic mass is 16.5. The molecule has 3 aliphatic rings. The Morgan fingerprint density at radius 2 is 2.11 bits per heavy atom. The van der Waals surface area contributed by atoms with Gasteiger partial charge in [0.25, 0.3) is 0 Å². The third kappa shape index (κ3) is 2.73. The highest BCUT2D eigenvalue weighted by Crippen LogP contribution is 2.70. The fraction of sp³-hybridized carbons (Fsp3) is 0.696. The molecule has 1 saturated heterocycles. The van der Waals surface area contributed by atoms with Crippen LogP contribution in [0.2, 0.25) is 0 Å². The largest absolute Gasteiger partial charge is 0.508 e. The summed E-state index contributed by atoms with van der Waals surface area (Å²) in [6.45, 7) is 9.16. The molecule has 1 aliphatic heterocycles. The molecule has 1 heterocycles. The molecule has 1 spiro atoms. The Morgan fingerprint density at radius 3 is 2.79 bits per heavy atom. The number of benzene rings is 1. The second kappa shape index (κ2) is 6.65. The first kappa shape index (κ1) is 19.6. The van der Waals surface area contributed by atoms with E-state index in [1.165, 1.54) is 0 Å². The first-order chi connectivity index (χ1) is 13.2. The zero-order valence-corrected chi connectivity index (χ0v) is 17.6. The monoisotopic (exact) mass is 387 g/mol. The van der Waals surface area contributed by atoms with Crippen molar-refractivity contribution in [3.05, 3.63) is 23.8 Å². The first-order valence-corrected chi connectivity index (χ1v) is 10.5. The molecule has 0 radical (unpaired) electrons. The molecule has 4 rings (SSSR count). The van der Waals surface area contributed by atoms with Crippen molar-refractivity contribution in [2.45, 2.75) is 59.1 Å². The number of hydrogen-bond acceptors (Lipinski definition) is 4. The van der Waals surface area contributed by atoms with Crippen LogP contribution in [0.3, 0.4) is 0 Å². The van der Waals surface area contributed by atoms with Crippen LogP contribution < -0.4 is 10.1 Å². The van der Waals surface area contributed by atoms with E-state index < -0.39 is 0 Å². The molecule has 28 heavy (non-hydrogen) atoms. The second-order valence-electron chi connectivity index (χ2n) is 9.86. The predicted octanol–water partition coefficient (Wildman–Crippen LogP) is 4.06. The van der Waals surface area contributed by atoms with Gasteiger partial charge in [-0.15, -0.1) is 0 Å². The molecule has 5 atom stereocenters. The lowest BCUT2D eigenvalue weighted by Gasteiger charge is -2.53. The maximum atomic E-state index is 12.6. The number of rotatable bonds is 4. The summed E-state index contributed by atoms with van der Waals surface area (Å²) in [4.78, 5) is 12.6. The third-order valence-electron chi connectivity index (χ3n) is 7.86. The zero-order valence-electron chi connectivity index (χ0n) is 17.6. The smallest absolute Gasteiger partial charge is 0.222 e. The Balaban J connectivity index is 1.71. The van der Waals surface area contributed by atoms with Gasteiger partial charge in [-0.05, 0) is 60.1 Å². The molecule has 1 amide bonds. The standard InChI is InChI=1S/C23H33NO4/c1-13(2)20(26)24-21-22(3,4)14-10-17-19(28-9-8-23(17,21)12-14)16-11-15(27-5)6-7-18(16)25/h6-7,11,13-14,17,19,21,25H,8-10,12H2,1-5H3,(H,24,26)/t14-,17-,19-,21-,23?/m1/s1. The number of methoxy groups -OCH3 is 1. The number of amides is 1. The van der Waals surface area contributed by atoms with Crippen molar-refractivity contribution in [2.24, 2.45) is 28.6 Å². The van der Waals surface area contributed by atoms with E-state index in [0.29, 0.717) is 12.5 Å². The lowest BCUT2D eigenvalue weighted by molar-refractivity contribution is -0.139. The third-order valence-corrected chi connectivity index (χ3v) is 7.86. The topological polar surface area (TPSA) is 67.8 Å². The highest BCUT2D eigenvalue weighted by molar-refractivity contribution is 5.78. The van der Waals surface area contributed by atoms with Crippen LogP contribution >= 0.6 is 0 Å². The van der Waals surface area contributed by atoms with Crippen LogP contribution in [0.1, 0.15) is 58.6 Å². The lowest BCUT2D eigenvalue weighted by Crippen LogP contribution is -2.59. The van der Waals surface area contributed by atoms with Gasteiger partial charge in [-0.1, -0.05) is 27.7 Å². The molecular formula is C23H33NO4. The number of carbonyl (C=O) groups excluding carboxylic acids is 1. The van der Waals surface area contributed by atoms with Crippen molar-refractivity contribution in [1.29, 1.82) is 0 Å². The predicted molar refractivity (Wildman–Crippen MR) is 107 cm³/mol. The van der Waals surface area contributed by atoms with Crippen LogP contribution in [-0.2, 0) is 9.53 Å². The Bertz CT molecular complexity index is 774.